The zero-order valence-electron chi connectivity index (χ0n) is 17.7. The summed E-state index contributed by atoms with van der Waals surface area (Å²) in [5, 5.41) is 7.37. The number of carbonyl (C=O) groups is 3. The van der Waals surface area contributed by atoms with Crippen LogP contribution in [0.2, 0.25) is 0 Å². The second-order valence-electron chi connectivity index (χ2n) is 7.27. The summed E-state index contributed by atoms with van der Waals surface area (Å²) in [5.74, 6) is -1.27. The summed E-state index contributed by atoms with van der Waals surface area (Å²) in [6.07, 6.45) is 4.90. The maximum absolute atomic E-state index is 12.7. The van der Waals surface area contributed by atoms with Crippen LogP contribution in [0.1, 0.15) is 31.5 Å². The highest BCUT2D eigenvalue weighted by Gasteiger charge is 2.17. The second kappa shape index (κ2) is 8.38. The number of rotatable bonds is 5. The van der Waals surface area contributed by atoms with Gasteiger partial charge in [-0.05, 0) is 23.6 Å². The number of ether oxygens (including phenoxy) is 1. The van der Waals surface area contributed by atoms with Crippen molar-refractivity contribution in [1.82, 2.24) is 14.1 Å². The number of benzene rings is 1. The highest BCUT2D eigenvalue weighted by molar-refractivity contribution is 6.07. The molecule has 0 aliphatic carbocycles. The van der Waals surface area contributed by atoms with Gasteiger partial charge in [0.15, 0.2) is 0 Å². The van der Waals surface area contributed by atoms with E-state index in [1.165, 1.54) is 13.2 Å². The van der Waals surface area contributed by atoms with Crippen molar-refractivity contribution in [2.24, 2.45) is 14.1 Å². The van der Waals surface area contributed by atoms with Crippen molar-refractivity contribution >= 4 is 39.9 Å². The molecule has 0 atom stereocenters. The minimum absolute atomic E-state index is 0.276. The van der Waals surface area contributed by atoms with Gasteiger partial charge in [0.25, 0.3) is 11.8 Å². The largest absolute Gasteiger partial charge is 0.464 e. The van der Waals surface area contributed by atoms with Gasteiger partial charge in [0.1, 0.15) is 17.1 Å². The predicted octanol–water partition coefficient (Wildman–Crippen LogP) is 3.20. The quantitative estimate of drug-likeness (QED) is 0.472. The number of nitrogens with one attached hydrogen (secondary N) is 2. The standard InChI is InChI=1S/C23H21N5O4/c1-27-12-16(25-21(29)18-8-14-6-4-5-7-15(14)11-24-18)9-19(27)22(30)26-17-10-20(23(31)32-3)28(2)13-17/h4-13H,1-3H3,(H,25,29)(H,26,30). The van der Waals surface area contributed by atoms with Crippen molar-refractivity contribution in [2.75, 3.05) is 17.7 Å². The predicted molar refractivity (Wildman–Crippen MR) is 120 cm³/mol. The molecule has 0 radical (unpaired) electrons. The molecular formula is C23H21N5O4. The van der Waals surface area contributed by atoms with Crippen molar-refractivity contribution < 1.29 is 19.1 Å². The summed E-state index contributed by atoms with van der Waals surface area (Å²) in [4.78, 5) is 41.3. The van der Waals surface area contributed by atoms with Gasteiger partial charge >= 0.3 is 5.97 Å². The van der Waals surface area contributed by atoms with Gasteiger partial charge in [0, 0.05) is 38.1 Å². The van der Waals surface area contributed by atoms with Crippen molar-refractivity contribution in [1.29, 1.82) is 0 Å². The Hall–Kier alpha value is -4.40. The molecule has 0 spiro atoms. The fourth-order valence-corrected chi connectivity index (χ4v) is 3.40. The summed E-state index contributed by atoms with van der Waals surface area (Å²) >= 11 is 0. The van der Waals surface area contributed by atoms with E-state index in [0.717, 1.165) is 10.8 Å². The van der Waals surface area contributed by atoms with Crippen LogP contribution < -0.4 is 10.6 Å². The minimum atomic E-state index is -0.501. The van der Waals surface area contributed by atoms with Gasteiger partial charge in [-0.1, -0.05) is 24.3 Å². The Morgan fingerprint density at radius 1 is 0.844 bits per heavy atom. The van der Waals surface area contributed by atoms with E-state index in [9.17, 15) is 14.4 Å². The SMILES string of the molecule is COC(=O)c1cc(NC(=O)c2cc(NC(=O)c3cc4ccccc4cn3)cn2C)cn1C. The zero-order valence-corrected chi connectivity index (χ0v) is 17.7. The van der Waals surface area contributed by atoms with Crippen LogP contribution in [-0.2, 0) is 18.8 Å². The van der Waals surface area contributed by atoms with Crippen LogP contribution in [0.4, 0.5) is 11.4 Å². The molecule has 2 amide bonds. The van der Waals surface area contributed by atoms with E-state index in [1.807, 2.05) is 24.3 Å². The zero-order chi connectivity index (χ0) is 22.8. The molecule has 0 aliphatic heterocycles. The molecule has 0 saturated carbocycles. The van der Waals surface area contributed by atoms with Crippen molar-refractivity contribution in [3.63, 3.8) is 0 Å². The molecule has 3 aromatic heterocycles. The van der Waals surface area contributed by atoms with Crippen LogP contribution in [0.3, 0.4) is 0 Å². The van der Waals surface area contributed by atoms with Gasteiger partial charge in [-0.15, -0.1) is 0 Å². The number of aryl methyl sites for hydroxylation is 2. The first-order valence-corrected chi connectivity index (χ1v) is 9.74. The maximum Gasteiger partial charge on any atom is 0.354 e. The molecule has 9 nitrogen and oxygen atoms in total. The molecule has 9 heteroatoms. The third kappa shape index (κ3) is 4.08. The molecule has 2 N–H and O–H groups in total. The molecule has 0 fully saturated rings. The Morgan fingerprint density at radius 2 is 1.44 bits per heavy atom. The average molecular weight is 431 g/mol. The number of nitrogens with zero attached hydrogens (tertiary/aromatic N) is 3. The van der Waals surface area contributed by atoms with Gasteiger partial charge in [-0.3, -0.25) is 14.6 Å². The molecule has 162 valence electrons. The van der Waals surface area contributed by atoms with E-state index in [0.29, 0.717) is 22.8 Å². The fraction of sp³-hybridized carbons (Fsp3) is 0.130. The van der Waals surface area contributed by atoms with E-state index in [-0.39, 0.29) is 17.5 Å². The lowest BCUT2D eigenvalue weighted by Gasteiger charge is -2.03. The number of esters is 1. The highest BCUT2D eigenvalue weighted by atomic mass is 16.5. The van der Waals surface area contributed by atoms with E-state index >= 15 is 0 Å². The third-order valence-corrected chi connectivity index (χ3v) is 5.02. The first kappa shape index (κ1) is 20.9. The molecule has 0 unspecified atom stereocenters. The van der Waals surface area contributed by atoms with E-state index < -0.39 is 5.97 Å². The number of pyridine rings is 1. The Balaban J connectivity index is 1.49. The van der Waals surface area contributed by atoms with Crippen LogP contribution in [-0.4, -0.2) is 39.0 Å². The summed E-state index contributed by atoms with van der Waals surface area (Å²) in [5.41, 5.74) is 1.82. The number of amides is 2. The number of hydrogen-bond donors (Lipinski definition) is 2. The van der Waals surface area contributed by atoms with Crippen LogP contribution >= 0.6 is 0 Å². The van der Waals surface area contributed by atoms with Gasteiger partial charge in [-0.2, -0.15) is 0 Å². The van der Waals surface area contributed by atoms with Crippen LogP contribution in [0, 0.1) is 0 Å². The van der Waals surface area contributed by atoms with E-state index in [2.05, 4.69) is 15.6 Å². The lowest BCUT2D eigenvalue weighted by atomic mass is 10.1. The number of anilines is 2. The molecule has 0 saturated heterocycles. The summed E-state index contributed by atoms with van der Waals surface area (Å²) in [7, 11) is 4.67. The maximum atomic E-state index is 12.7. The monoisotopic (exact) mass is 431 g/mol. The second-order valence-corrected chi connectivity index (χ2v) is 7.27. The Morgan fingerprint density at radius 3 is 2.12 bits per heavy atom. The summed E-state index contributed by atoms with van der Waals surface area (Å²) in [6.45, 7) is 0. The van der Waals surface area contributed by atoms with E-state index in [4.69, 9.17) is 4.74 Å². The Bertz CT molecular complexity index is 1350. The van der Waals surface area contributed by atoms with Crippen molar-refractivity contribution in [2.45, 2.75) is 0 Å². The first-order valence-electron chi connectivity index (χ1n) is 9.74. The smallest absolute Gasteiger partial charge is 0.354 e. The number of aromatic nitrogens is 3. The lowest BCUT2D eigenvalue weighted by Crippen LogP contribution is -2.15. The minimum Gasteiger partial charge on any atom is -0.464 e. The molecule has 4 aromatic rings. The van der Waals surface area contributed by atoms with Crippen molar-refractivity contribution in [3.8, 4) is 0 Å². The topological polar surface area (TPSA) is 107 Å². The molecule has 0 aliphatic rings. The fourth-order valence-electron chi connectivity index (χ4n) is 3.40. The van der Waals surface area contributed by atoms with Crippen LogP contribution in [0.15, 0.2) is 61.1 Å². The molecule has 3 heterocycles. The molecule has 0 bridgehead atoms. The molecular weight excluding hydrogens is 410 g/mol. The molecule has 1 aromatic carbocycles. The Kier molecular flexibility index (Phi) is 5.46. The Labute approximate surface area is 183 Å². The van der Waals surface area contributed by atoms with Crippen LogP contribution in [0.25, 0.3) is 10.8 Å². The van der Waals surface area contributed by atoms with Crippen LogP contribution in [0.5, 0.6) is 0 Å². The summed E-state index contributed by atoms with van der Waals surface area (Å²) < 4.78 is 7.88. The number of methoxy groups -OCH3 is 1. The highest BCUT2D eigenvalue weighted by Crippen LogP contribution is 2.19. The molecule has 32 heavy (non-hydrogen) atoms. The summed E-state index contributed by atoms with van der Waals surface area (Å²) in [6, 6.07) is 12.5. The number of fused-ring (bicyclic) bond motifs is 1. The van der Waals surface area contributed by atoms with Gasteiger partial charge < -0.3 is 24.5 Å². The van der Waals surface area contributed by atoms with E-state index in [1.54, 1.807) is 54.0 Å². The average Bonchev–Trinajstić information content (AvgIpc) is 3.34. The molecule has 4 rings (SSSR count). The third-order valence-electron chi connectivity index (χ3n) is 5.02. The van der Waals surface area contributed by atoms with Crippen molar-refractivity contribution in [3.05, 3.63) is 78.1 Å². The van der Waals surface area contributed by atoms with Gasteiger partial charge in [0.2, 0.25) is 0 Å². The number of hydrogen-bond acceptors (Lipinski definition) is 5. The normalized spacial score (nSPS) is 10.7. The van der Waals surface area contributed by atoms with Gasteiger partial charge in [-0.25, -0.2) is 4.79 Å². The number of carbonyl (C=O) groups excluding carboxylic acids is 3. The lowest BCUT2D eigenvalue weighted by molar-refractivity contribution is 0.0589. The van der Waals surface area contributed by atoms with Gasteiger partial charge in [0.05, 0.1) is 18.5 Å². The first-order chi connectivity index (χ1) is 15.4.